The maximum Gasteiger partial charge on any atom is 0.407 e. The van der Waals surface area contributed by atoms with Gasteiger partial charge < -0.3 is 25.0 Å². The second kappa shape index (κ2) is 17.0. The minimum absolute atomic E-state index is 0.145. The fraction of sp³-hybridized carbons (Fsp3) is 0.935. The van der Waals surface area contributed by atoms with Gasteiger partial charge in [-0.1, -0.05) is 0 Å². The molecule has 0 atom stereocenters. The Morgan fingerprint density at radius 3 is 1.50 bits per heavy atom. The summed E-state index contributed by atoms with van der Waals surface area (Å²) in [5.74, 6) is 1.31. The third-order valence-electron chi connectivity index (χ3n) is 8.01. The van der Waals surface area contributed by atoms with E-state index >= 15 is 0 Å². The Morgan fingerprint density at radius 2 is 1.12 bits per heavy atom. The van der Waals surface area contributed by atoms with Gasteiger partial charge in [0.25, 0.3) is 10.1 Å². The molecule has 0 unspecified atom stereocenters. The lowest BCUT2D eigenvalue weighted by Crippen LogP contribution is -2.41. The van der Waals surface area contributed by atoms with E-state index in [1.165, 1.54) is 51.7 Å². The number of carbonyl (C=O) groups is 2. The van der Waals surface area contributed by atoms with Gasteiger partial charge in [-0.25, -0.2) is 9.59 Å². The Bertz CT molecular complexity index is 908. The molecule has 2 N–H and O–H groups in total. The highest BCUT2D eigenvalue weighted by molar-refractivity contribution is 7.85. The van der Waals surface area contributed by atoms with Crippen molar-refractivity contribution in [2.24, 2.45) is 11.8 Å². The number of rotatable bonds is 9. The predicted molar refractivity (Wildman–Crippen MR) is 166 cm³/mol. The fourth-order valence-corrected chi connectivity index (χ4v) is 6.28. The molecule has 3 fully saturated rings. The number of hydrogen-bond donors (Lipinski definition) is 2. The molecule has 0 aromatic rings. The summed E-state index contributed by atoms with van der Waals surface area (Å²) in [7, 11) is -3.34. The van der Waals surface area contributed by atoms with Crippen LogP contribution < -0.4 is 10.6 Å². The highest BCUT2D eigenvalue weighted by atomic mass is 32.2. The van der Waals surface area contributed by atoms with Crippen LogP contribution in [0.2, 0.25) is 0 Å². The average Bonchev–Trinajstić information content (AvgIpc) is 3.36. The summed E-state index contributed by atoms with van der Waals surface area (Å²) in [5, 5.41) is 5.91. The van der Waals surface area contributed by atoms with Crippen molar-refractivity contribution in [3.05, 3.63) is 0 Å². The summed E-state index contributed by atoms with van der Waals surface area (Å²) >= 11 is 0. The second-order valence-corrected chi connectivity index (χ2v) is 16.0. The van der Waals surface area contributed by atoms with Crippen LogP contribution in [0.25, 0.3) is 0 Å². The van der Waals surface area contributed by atoms with E-state index in [0.29, 0.717) is 12.0 Å². The van der Waals surface area contributed by atoms with Gasteiger partial charge in [-0.05, 0) is 150 Å². The van der Waals surface area contributed by atoms with E-state index < -0.39 is 21.3 Å². The molecule has 2 saturated carbocycles. The zero-order chi connectivity index (χ0) is 31.4. The first-order valence-electron chi connectivity index (χ1n) is 16.0. The van der Waals surface area contributed by atoms with Gasteiger partial charge in [-0.15, -0.1) is 0 Å². The third kappa shape index (κ3) is 17.5. The van der Waals surface area contributed by atoms with Crippen LogP contribution in [0.15, 0.2) is 0 Å². The number of nitrogens with one attached hydrogen (secondary N) is 2. The highest BCUT2D eigenvalue weighted by Gasteiger charge is 2.26. The lowest BCUT2D eigenvalue weighted by atomic mass is 9.84. The first-order chi connectivity index (χ1) is 19.5. The third-order valence-corrected chi connectivity index (χ3v) is 8.61. The number of alkyl carbamates (subject to hydrolysis) is 2. The van der Waals surface area contributed by atoms with Crippen LogP contribution in [0, 0.1) is 11.8 Å². The maximum absolute atomic E-state index is 11.8. The Balaban J connectivity index is 0.000000293. The average molecular weight is 618 g/mol. The standard InChI is InChI=1S/C17H32N2O2.C14H27NO5S/c1-17(2,3)21-16(20)18-15-8-6-14(7-9-15)10-13-19-11-4-5-12-19;1-14(2,3)20-13(16)15-12-7-5-11(6-8-12)9-10-19-21(4,17)18/h14-15H,4-13H2,1-3H3,(H,18,20);11-12H,5-10H2,1-4H3,(H,15,16). The van der Waals surface area contributed by atoms with Gasteiger partial charge in [0.15, 0.2) is 0 Å². The van der Waals surface area contributed by atoms with Crippen molar-refractivity contribution >= 4 is 22.3 Å². The van der Waals surface area contributed by atoms with E-state index in [1.54, 1.807) is 0 Å². The van der Waals surface area contributed by atoms with Crippen LogP contribution in [0.3, 0.4) is 0 Å². The van der Waals surface area contributed by atoms with Gasteiger partial charge in [0.05, 0.1) is 12.9 Å². The smallest absolute Gasteiger partial charge is 0.407 e. The van der Waals surface area contributed by atoms with Gasteiger partial charge in [0.2, 0.25) is 0 Å². The Morgan fingerprint density at radius 1 is 0.714 bits per heavy atom. The largest absolute Gasteiger partial charge is 0.444 e. The van der Waals surface area contributed by atoms with Crippen LogP contribution in [0.5, 0.6) is 0 Å². The van der Waals surface area contributed by atoms with E-state index in [-0.39, 0.29) is 24.8 Å². The molecule has 42 heavy (non-hydrogen) atoms. The van der Waals surface area contributed by atoms with Crippen molar-refractivity contribution in [1.29, 1.82) is 0 Å². The van der Waals surface area contributed by atoms with Crippen molar-refractivity contribution in [1.82, 2.24) is 15.5 Å². The number of carbonyl (C=O) groups excluding carboxylic acids is 2. The van der Waals surface area contributed by atoms with Crippen molar-refractivity contribution < 1.29 is 31.7 Å². The van der Waals surface area contributed by atoms with E-state index in [0.717, 1.165) is 57.1 Å². The summed E-state index contributed by atoms with van der Waals surface area (Å²) in [4.78, 5) is 26.0. The maximum atomic E-state index is 11.8. The summed E-state index contributed by atoms with van der Waals surface area (Å²) < 4.78 is 37.1. The molecule has 3 rings (SSSR count). The number of ether oxygens (including phenoxy) is 2. The normalized spacial score (nSPS) is 25.6. The molecule has 10 nitrogen and oxygen atoms in total. The predicted octanol–water partition coefficient (Wildman–Crippen LogP) is 5.99. The zero-order valence-electron chi connectivity index (χ0n) is 27.3. The topological polar surface area (TPSA) is 123 Å². The van der Waals surface area contributed by atoms with Gasteiger partial charge in [0.1, 0.15) is 11.2 Å². The first kappa shape index (κ1) is 36.6. The SMILES string of the molecule is CC(C)(C)OC(=O)NC1CCC(CCN2CCCC2)CC1.CC(C)(C)OC(=O)NC1CCC(CCOS(C)(=O)=O)CC1. The Hall–Kier alpha value is -1.59. The zero-order valence-corrected chi connectivity index (χ0v) is 28.2. The molecule has 3 aliphatic rings. The first-order valence-corrected chi connectivity index (χ1v) is 17.8. The fourth-order valence-electron chi connectivity index (χ4n) is 5.88. The van der Waals surface area contributed by atoms with E-state index in [4.69, 9.17) is 13.7 Å². The van der Waals surface area contributed by atoms with Crippen molar-refractivity contribution in [2.45, 2.75) is 142 Å². The second-order valence-electron chi connectivity index (χ2n) is 14.4. The monoisotopic (exact) mass is 617 g/mol. The lowest BCUT2D eigenvalue weighted by molar-refractivity contribution is 0.0474. The Labute approximate surface area is 255 Å². The summed E-state index contributed by atoms with van der Waals surface area (Å²) in [5.41, 5.74) is -0.888. The minimum Gasteiger partial charge on any atom is -0.444 e. The van der Waals surface area contributed by atoms with Crippen LogP contribution in [0.4, 0.5) is 9.59 Å². The quantitative estimate of drug-likeness (QED) is 0.303. The van der Waals surface area contributed by atoms with E-state index in [2.05, 4.69) is 15.5 Å². The van der Waals surface area contributed by atoms with Gasteiger partial charge in [-0.2, -0.15) is 8.42 Å². The molecule has 2 amide bonds. The molecular weight excluding hydrogens is 558 g/mol. The summed E-state index contributed by atoms with van der Waals surface area (Å²) in [6.45, 7) is 15.3. The molecule has 0 aromatic carbocycles. The van der Waals surface area contributed by atoms with E-state index in [1.807, 2.05) is 41.5 Å². The molecule has 1 aliphatic heterocycles. The van der Waals surface area contributed by atoms with Crippen LogP contribution >= 0.6 is 0 Å². The van der Waals surface area contributed by atoms with Crippen molar-refractivity contribution in [3.63, 3.8) is 0 Å². The molecule has 2 aliphatic carbocycles. The van der Waals surface area contributed by atoms with Gasteiger partial charge in [0, 0.05) is 12.1 Å². The van der Waals surface area contributed by atoms with Crippen molar-refractivity contribution in [2.75, 3.05) is 32.5 Å². The number of amides is 2. The van der Waals surface area contributed by atoms with Crippen LogP contribution in [0.1, 0.15) is 119 Å². The highest BCUT2D eigenvalue weighted by Crippen LogP contribution is 2.28. The van der Waals surface area contributed by atoms with E-state index in [9.17, 15) is 18.0 Å². The molecule has 11 heteroatoms. The summed E-state index contributed by atoms with van der Waals surface area (Å²) in [6, 6.07) is 0.454. The van der Waals surface area contributed by atoms with Crippen LogP contribution in [-0.2, 0) is 23.8 Å². The van der Waals surface area contributed by atoms with Crippen molar-refractivity contribution in [3.8, 4) is 0 Å². The molecule has 246 valence electrons. The molecule has 0 radical (unpaired) electrons. The molecule has 0 bridgehead atoms. The lowest BCUT2D eigenvalue weighted by Gasteiger charge is -2.30. The van der Waals surface area contributed by atoms with Gasteiger partial charge >= 0.3 is 12.2 Å². The molecule has 0 aromatic heterocycles. The molecule has 0 spiro atoms. The number of hydrogen-bond acceptors (Lipinski definition) is 8. The van der Waals surface area contributed by atoms with Crippen LogP contribution in [-0.4, -0.2) is 81.3 Å². The molecule has 1 saturated heterocycles. The molecular formula is C31H59N3O7S. The number of likely N-dealkylation sites (tertiary alicyclic amines) is 1. The number of nitrogens with zero attached hydrogens (tertiary/aromatic N) is 1. The molecule has 1 heterocycles. The minimum atomic E-state index is -3.34. The Kier molecular flexibility index (Phi) is 14.9. The van der Waals surface area contributed by atoms with Gasteiger partial charge in [-0.3, -0.25) is 4.18 Å². The summed E-state index contributed by atoms with van der Waals surface area (Å²) in [6.07, 6.45) is 13.7.